The number of aryl methyl sites for hydroxylation is 1. The standard InChI is InChI=1S/C20H22ClN2O2S/c1-14-4-9-18(25-2)17(12-14)23-19-22(10-3-11-26-19)13-20(23,24)15-5-7-16(21)8-6-15/h4-9,12,24H,3,10-11,13H2,1-2H3/q+1. The third-order valence-corrected chi connectivity index (χ3v) is 6.37. The Morgan fingerprint density at radius 2 is 2.00 bits per heavy atom. The number of nitrogens with zero attached hydrogens (tertiary/aromatic N) is 2. The van der Waals surface area contributed by atoms with Crippen LogP contribution in [0, 0.1) is 6.92 Å². The molecule has 0 aromatic heterocycles. The molecule has 0 saturated carbocycles. The lowest BCUT2D eigenvalue weighted by Crippen LogP contribution is -2.46. The molecule has 6 heteroatoms. The van der Waals surface area contributed by atoms with Crippen molar-refractivity contribution in [3.63, 3.8) is 0 Å². The van der Waals surface area contributed by atoms with Gasteiger partial charge in [-0.05, 0) is 54.9 Å². The maximum Gasteiger partial charge on any atom is 0.316 e. The van der Waals surface area contributed by atoms with Crippen LogP contribution in [-0.4, -0.2) is 40.8 Å². The summed E-state index contributed by atoms with van der Waals surface area (Å²) in [5.41, 5.74) is 1.67. The molecular formula is C20H22ClN2O2S+. The zero-order valence-corrected chi connectivity index (χ0v) is 16.5. The van der Waals surface area contributed by atoms with E-state index in [0.29, 0.717) is 11.6 Å². The van der Waals surface area contributed by atoms with Crippen LogP contribution in [0.25, 0.3) is 0 Å². The monoisotopic (exact) mass is 389 g/mol. The average Bonchev–Trinajstić information content (AvgIpc) is 2.95. The van der Waals surface area contributed by atoms with Crippen molar-refractivity contribution in [1.82, 2.24) is 0 Å². The number of amidine groups is 1. The van der Waals surface area contributed by atoms with Gasteiger partial charge in [0, 0.05) is 16.3 Å². The fourth-order valence-corrected chi connectivity index (χ4v) is 4.97. The van der Waals surface area contributed by atoms with Crippen molar-refractivity contribution >= 4 is 34.2 Å². The zero-order chi connectivity index (χ0) is 18.3. The summed E-state index contributed by atoms with van der Waals surface area (Å²) in [4.78, 5) is 2.03. The second kappa shape index (κ2) is 6.80. The van der Waals surface area contributed by atoms with Crippen molar-refractivity contribution in [2.75, 3.05) is 30.9 Å². The van der Waals surface area contributed by atoms with E-state index < -0.39 is 5.72 Å². The van der Waals surface area contributed by atoms with Crippen LogP contribution in [0.15, 0.2) is 42.5 Å². The molecule has 2 heterocycles. The van der Waals surface area contributed by atoms with Crippen molar-refractivity contribution in [1.29, 1.82) is 0 Å². The Morgan fingerprint density at radius 3 is 2.73 bits per heavy atom. The molecule has 2 aliphatic heterocycles. The van der Waals surface area contributed by atoms with E-state index in [0.717, 1.165) is 46.4 Å². The summed E-state index contributed by atoms with van der Waals surface area (Å²) < 4.78 is 7.89. The Kier molecular flexibility index (Phi) is 4.63. The Morgan fingerprint density at radius 1 is 1.23 bits per heavy atom. The van der Waals surface area contributed by atoms with Crippen LogP contribution in [0.5, 0.6) is 5.75 Å². The van der Waals surface area contributed by atoms with Crippen LogP contribution in [0.4, 0.5) is 5.69 Å². The highest BCUT2D eigenvalue weighted by Crippen LogP contribution is 2.43. The summed E-state index contributed by atoms with van der Waals surface area (Å²) in [6, 6.07) is 13.5. The summed E-state index contributed by atoms with van der Waals surface area (Å²) in [5, 5.41) is 13.6. The number of methoxy groups -OCH3 is 1. The second-order valence-electron chi connectivity index (χ2n) is 6.74. The molecule has 0 aliphatic carbocycles. The van der Waals surface area contributed by atoms with Gasteiger partial charge < -0.3 is 9.84 Å². The van der Waals surface area contributed by atoms with Gasteiger partial charge in [-0.15, -0.1) is 0 Å². The molecule has 0 radical (unpaired) electrons. The predicted octanol–water partition coefficient (Wildman–Crippen LogP) is 3.83. The van der Waals surface area contributed by atoms with E-state index >= 15 is 0 Å². The number of hydrogen-bond acceptors (Lipinski definition) is 4. The minimum absolute atomic E-state index is 0.522. The number of rotatable bonds is 3. The SMILES string of the molecule is COc1ccc(C)cc1N1C2=[N+](CCCS2)CC1(O)c1ccc(Cl)cc1. The summed E-state index contributed by atoms with van der Waals surface area (Å²) in [7, 11) is 1.67. The maximum atomic E-state index is 11.9. The van der Waals surface area contributed by atoms with Gasteiger partial charge in [-0.1, -0.05) is 29.8 Å². The Bertz CT molecular complexity index is 869. The first-order valence-corrected chi connectivity index (χ1v) is 10.1. The highest BCUT2D eigenvalue weighted by molar-refractivity contribution is 8.14. The van der Waals surface area contributed by atoms with E-state index in [4.69, 9.17) is 16.3 Å². The minimum atomic E-state index is -1.17. The van der Waals surface area contributed by atoms with Crippen LogP contribution >= 0.6 is 23.4 Å². The van der Waals surface area contributed by atoms with Crippen LogP contribution in [-0.2, 0) is 5.72 Å². The molecule has 0 saturated heterocycles. The first-order chi connectivity index (χ1) is 12.5. The normalized spacial score (nSPS) is 22.5. The van der Waals surface area contributed by atoms with E-state index in [9.17, 15) is 5.11 Å². The van der Waals surface area contributed by atoms with Crippen molar-refractivity contribution in [3.05, 3.63) is 58.6 Å². The number of anilines is 1. The third-order valence-electron chi connectivity index (χ3n) is 4.93. The lowest BCUT2D eigenvalue weighted by Gasteiger charge is -2.29. The molecule has 0 amide bonds. The number of aliphatic hydroxyl groups is 1. The Labute approximate surface area is 163 Å². The Hall–Kier alpha value is -1.69. The van der Waals surface area contributed by atoms with Crippen LogP contribution in [0.3, 0.4) is 0 Å². The first kappa shape index (κ1) is 17.7. The molecule has 4 rings (SSSR count). The number of benzene rings is 2. The lowest BCUT2D eigenvalue weighted by molar-refractivity contribution is -0.532. The van der Waals surface area contributed by atoms with Gasteiger partial charge in [-0.3, -0.25) is 0 Å². The lowest BCUT2D eigenvalue weighted by atomic mass is 10.0. The van der Waals surface area contributed by atoms with E-state index in [2.05, 4.69) is 17.6 Å². The predicted molar refractivity (Wildman–Crippen MR) is 108 cm³/mol. The minimum Gasteiger partial charge on any atom is -0.492 e. The number of thioether (sulfide) groups is 1. The van der Waals surface area contributed by atoms with Gasteiger partial charge in [-0.25, -0.2) is 4.58 Å². The van der Waals surface area contributed by atoms with Crippen LogP contribution in [0.1, 0.15) is 17.5 Å². The molecule has 2 aromatic rings. The molecule has 0 bridgehead atoms. The van der Waals surface area contributed by atoms with Gasteiger partial charge in [0.05, 0.1) is 13.7 Å². The molecule has 1 N–H and O–H groups in total. The smallest absolute Gasteiger partial charge is 0.316 e. The molecule has 1 unspecified atom stereocenters. The highest BCUT2D eigenvalue weighted by atomic mass is 35.5. The van der Waals surface area contributed by atoms with Crippen molar-refractivity contribution in [3.8, 4) is 5.75 Å². The van der Waals surface area contributed by atoms with Gasteiger partial charge in [0.25, 0.3) is 5.72 Å². The molecule has 4 nitrogen and oxygen atoms in total. The van der Waals surface area contributed by atoms with Gasteiger partial charge in [0.15, 0.2) is 18.0 Å². The van der Waals surface area contributed by atoms with E-state index in [1.807, 2.05) is 41.3 Å². The van der Waals surface area contributed by atoms with Crippen molar-refractivity contribution in [2.24, 2.45) is 0 Å². The molecule has 136 valence electrons. The molecule has 2 aliphatic rings. The van der Waals surface area contributed by atoms with E-state index in [-0.39, 0.29) is 0 Å². The summed E-state index contributed by atoms with van der Waals surface area (Å²) in [6.07, 6.45) is 1.11. The fourth-order valence-electron chi connectivity index (χ4n) is 3.67. The molecule has 0 spiro atoms. The van der Waals surface area contributed by atoms with E-state index in [1.165, 1.54) is 0 Å². The third kappa shape index (κ3) is 2.88. The molecule has 1 atom stereocenters. The van der Waals surface area contributed by atoms with Crippen LogP contribution < -0.4 is 9.64 Å². The Balaban J connectivity index is 1.90. The summed E-state index contributed by atoms with van der Waals surface area (Å²) in [6.45, 7) is 3.52. The fraction of sp³-hybridized carbons (Fsp3) is 0.350. The van der Waals surface area contributed by atoms with Gasteiger partial charge in [-0.2, -0.15) is 4.90 Å². The average molecular weight is 390 g/mol. The first-order valence-electron chi connectivity index (χ1n) is 8.71. The quantitative estimate of drug-likeness (QED) is 0.809. The molecule has 26 heavy (non-hydrogen) atoms. The molecule has 2 aromatic carbocycles. The molecule has 0 fully saturated rings. The number of halogens is 1. The van der Waals surface area contributed by atoms with Gasteiger partial charge in [0.2, 0.25) is 0 Å². The largest absolute Gasteiger partial charge is 0.492 e. The van der Waals surface area contributed by atoms with Crippen molar-refractivity contribution in [2.45, 2.75) is 19.1 Å². The maximum absolute atomic E-state index is 11.9. The second-order valence-corrected chi connectivity index (χ2v) is 8.24. The molecular weight excluding hydrogens is 368 g/mol. The van der Waals surface area contributed by atoms with Gasteiger partial charge in [0.1, 0.15) is 0 Å². The highest BCUT2D eigenvalue weighted by Gasteiger charge is 2.56. The van der Waals surface area contributed by atoms with Crippen molar-refractivity contribution < 1.29 is 14.4 Å². The zero-order valence-electron chi connectivity index (χ0n) is 14.9. The van der Waals surface area contributed by atoms with Gasteiger partial charge >= 0.3 is 5.17 Å². The van der Waals surface area contributed by atoms with E-state index in [1.54, 1.807) is 18.9 Å². The van der Waals surface area contributed by atoms with Crippen LogP contribution in [0.2, 0.25) is 5.02 Å². The number of hydrogen-bond donors (Lipinski definition) is 1. The summed E-state index contributed by atoms with van der Waals surface area (Å²) >= 11 is 7.86. The number of ether oxygens (including phenoxy) is 1. The topological polar surface area (TPSA) is 35.7 Å². The summed E-state index contributed by atoms with van der Waals surface area (Å²) in [5.74, 6) is 1.80.